The van der Waals surface area contributed by atoms with Gasteiger partial charge in [0.2, 0.25) is 10.0 Å². The van der Waals surface area contributed by atoms with Crippen molar-refractivity contribution in [2.45, 2.75) is 22.6 Å². The highest BCUT2D eigenvalue weighted by atomic mass is 35.5. The van der Waals surface area contributed by atoms with Crippen molar-refractivity contribution < 1.29 is 22.7 Å². The van der Waals surface area contributed by atoms with Crippen molar-refractivity contribution in [3.63, 3.8) is 0 Å². The number of carbonyl (C=O) groups is 2. The summed E-state index contributed by atoms with van der Waals surface area (Å²) in [4.78, 5) is 23.7. The number of benzene rings is 1. The van der Waals surface area contributed by atoms with Crippen LogP contribution in [0.4, 0.5) is 5.69 Å². The lowest BCUT2D eigenvalue weighted by molar-refractivity contribution is -0.152. The van der Waals surface area contributed by atoms with Crippen molar-refractivity contribution in [1.29, 1.82) is 0 Å². The average Bonchev–Trinajstić information content (AvgIpc) is 3.06. The quantitative estimate of drug-likeness (QED) is 0.539. The van der Waals surface area contributed by atoms with Gasteiger partial charge in [-0.05, 0) is 25.1 Å². The van der Waals surface area contributed by atoms with Crippen LogP contribution in [-0.4, -0.2) is 49.6 Å². The van der Waals surface area contributed by atoms with Crippen molar-refractivity contribution in [3.05, 3.63) is 23.2 Å². The Morgan fingerprint density at radius 1 is 1.31 bits per heavy atom. The van der Waals surface area contributed by atoms with Gasteiger partial charge < -0.3 is 10.1 Å². The molecule has 0 saturated heterocycles. The first-order chi connectivity index (χ1) is 11.8. The number of anilines is 1. The van der Waals surface area contributed by atoms with Crippen LogP contribution in [0.5, 0.6) is 0 Å². The molecular formula is C15H17Cl3N2O5S. The van der Waals surface area contributed by atoms with E-state index in [1.165, 1.54) is 32.3 Å². The molecule has 0 aromatic heterocycles. The smallest absolute Gasteiger partial charge is 0.315 e. The number of esters is 1. The van der Waals surface area contributed by atoms with E-state index in [0.717, 1.165) is 4.31 Å². The second kappa shape index (κ2) is 7.16. The number of nitrogens with zero attached hydrogens (tertiary/aromatic N) is 1. The molecule has 2 rings (SSSR count). The Bertz CT molecular complexity index is 857. The molecule has 0 aliphatic heterocycles. The van der Waals surface area contributed by atoms with Crippen LogP contribution in [0.1, 0.15) is 13.3 Å². The molecule has 1 aromatic carbocycles. The monoisotopic (exact) mass is 442 g/mol. The molecule has 1 atom stereocenters. The number of carbonyl (C=O) groups excluding carboxylic acids is 2. The third-order valence-corrected chi connectivity index (χ3v) is 7.41. The second-order valence-corrected chi connectivity index (χ2v) is 10.3. The minimum absolute atomic E-state index is 0.0188. The first-order valence-electron chi connectivity index (χ1n) is 7.38. The normalized spacial score (nSPS) is 21.3. The van der Waals surface area contributed by atoms with E-state index in [4.69, 9.17) is 39.5 Å². The third-order valence-electron chi connectivity index (χ3n) is 4.02. The van der Waals surface area contributed by atoms with E-state index in [0.29, 0.717) is 0 Å². The molecule has 0 heterocycles. The van der Waals surface area contributed by atoms with Gasteiger partial charge in [-0.15, -0.1) is 23.2 Å². The summed E-state index contributed by atoms with van der Waals surface area (Å²) in [6.07, 6.45) is 0.243. The highest BCUT2D eigenvalue weighted by Gasteiger charge is 2.69. The summed E-state index contributed by atoms with van der Waals surface area (Å²) in [6, 6.07) is 4.00. The third kappa shape index (κ3) is 4.09. The number of hydrogen-bond donors (Lipinski definition) is 1. The zero-order valence-electron chi connectivity index (χ0n) is 14.2. The standard InChI is InChI=1S/C15H17Cl3N2O5S/c1-14(8-15(14,17)18)13(22)25-7-12(21)19-9-4-5-10(16)11(6-9)26(23,24)20(2)3/h4-6H,7-8H2,1-3H3,(H,19,21). The predicted octanol–water partition coefficient (Wildman–Crippen LogP) is 2.66. The lowest BCUT2D eigenvalue weighted by atomic mass is 10.1. The number of ether oxygens (including phenoxy) is 1. The lowest BCUT2D eigenvalue weighted by Crippen LogP contribution is -2.27. The molecular weight excluding hydrogens is 427 g/mol. The van der Waals surface area contributed by atoms with Gasteiger partial charge in [0.15, 0.2) is 6.61 Å². The summed E-state index contributed by atoms with van der Waals surface area (Å²) < 4.78 is 29.2. The van der Waals surface area contributed by atoms with Crippen LogP contribution in [0.2, 0.25) is 5.02 Å². The van der Waals surface area contributed by atoms with E-state index in [2.05, 4.69) is 5.32 Å². The Labute approximate surface area is 166 Å². The topological polar surface area (TPSA) is 92.8 Å². The van der Waals surface area contributed by atoms with Crippen molar-refractivity contribution in [2.24, 2.45) is 5.41 Å². The maximum absolute atomic E-state index is 12.2. The number of alkyl halides is 2. The summed E-state index contributed by atoms with van der Waals surface area (Å²) >= 11 is 17.7. The largest absolute Gasteiger partial charge is 0.455 e. The number of amides is 1. The predicted molar refractivity (Wildman–Crippen MR) is 99.1 cm³/mol. The lowest BCUT2D eigenvalue weighted by Gasteiger charge is -2.15. The number of rotatable bonds is 6. The molecule has 144 valence electrons. The summed E-state index contributed by atoms with van der Waals surface area (Å²) in [7, 11) is -1.05. The molecule has 26 heavy (non-hydrogen) atoms. The molecule has 0 bridgehead atoms. The Morgan fingerprint density at radius 2 is 1.88 bits per heavy atom. The van der Waals surface area contributed by atoms with Gasteiger partial charge in [0.25, 0.3) is 5.91 Å². The highest BCUT2D eigenvalue weighted by Crippen LogP contribution is 2.64. The number of nitrogens with one attached hydrogen (secondary N) is 1. The highest BCUT2D eigenvalue weighted by molar-refractivity contribution is 7.89. The van der Waals surface area contributed by atoms with Gasteiger partial charge in [-0.25, -0.2) is 12.7 Å². The van der Waals surface area contributed by atoms with Gasteiger partial charge in [-0.3, -0.25) is 9.59 Å². The van der Waals surface area contributed by atoms with Crippen molar-refractivity contribution in [1.82, 2.24) is 4.31 Å². The molecule has 0 radical (unpaired) electrons. The minimum atomic E-state index is -3.78. The van der Waals surface area contributed by atoms with E-state index in [1.807, 2.05) is 0 Å². The van der Waals surface area contributed by atoms with Gasteiger partial charge in [-0.2, -0.15) is 0 Å². The Balaban J connectivity index is 2.03. The Hall–Kier alpha value is -1.06. The zero-order chi connectivity index (χ0) is 19.9. The van der Waals surface area contributed by atoms with Crippen LogP contribution in [0.25, 0.3) is 0 Å². The summed E-state index contributed by atoms with van der Waals surface area (Å²) in [5, 5.41) is 2.46. The van der Waals surface area contributed by atoms with E-state index < -0.39 is 38.3 Å². The first-order valence-corrected chi connectivity index (χ1v) is 9.96. The van der Waals surface area contributed by atoms with Crippen LogP contribution in [-0.2, 0) is 24.3 Å². The van der Waals surface area contributed by atoms with E-state index >= 15 is 0 Å². The fraction of sp³-hybridized carbons (Fsp3) is 0.467. The molecule has 11 heteroatoms. The summed E-state index contributed by atoms with van der Waals surface area (Å²) in [5.41, 5.74) is -0.846. The Kier molecular flexibility index (Phi) is 5.85. The first kappa shape index (κ1) is 21.2. The molecule has 0 spiro atoms. The van der Waals surface area contributed by atoms with Crippen LogP contribution >= 0.6 is 34.8 Å². The van der Waals surface area contributed by atoms with E-state index in [9.17, 15) is 18.0 Å². The van der Waals surface area contributed by atoms with E-state index in [1.54, 1.807) is 6.92 Å². The van der Waals surface area contributed by atoms with Crippen LogP contribution in [0.3, 0.4) is 0 Å². The summed E-state index contributed by atoms with van der Waals surface area (Å²) in [5.74, 6) is -1.32. The van der Waals surface area contributed by atoms with Gasteiger partial charge in [0.1, 0.15) is 14.6 Å². The van der Waals surface area contributed by atoms with E-state index in [-0.39, 0.29) is 22.0 Å². The number of hydrogen-bond acceptors (Lipinski definition) is 5. The van der Waals surface area contributed by atoms with Crippen LogP contribution in [0, 0.1) is 5.41 Å². The maximum Gasteiger partial charge on any atom is 0.315 e. The molecule has 1 N–H and O–H groups in total. The molecule has 7 nitrogen and oxygen atoms in total. The number of sulfonamides is 1. The fourth-order valence-electron chi connectivity index (χ4n) is 2.08. The van der Waals surface area contributed by atoms with Crippen molar-refractivity contribution in [2.75, 3.05) is 26.0 Å². The van der Waals surface area contributed by atoms with Crippen LogP contribution < -0.4 is 5.32 Å². The van der Waals surface area contributed by atoms with Gasteiger partial charge in [0.05, 0.1) is 5.02 Å². The summed E-state index contributed by atoms with van der Waals surface area (Å²) in [6.45, 7) is 0.988. The van der Waals surface area contributed by atoms with Crippen molar-refractivity contribution in [3.8, 4) is 0 Å². The SMILES string of the molecule is CN(C)S(=O)(=O)c1cc(NC(=O)COC(=O)C2(C)CC2(Cl)Cl)ccc1Cl. The maximum atomic E-state index is 12.2. The van der Waals surface area contributed by atoms with Gasteiger partial charge in [0, 0.05) is 26.2 Å². The van der Waals surface area contributed by atoms with Crippen LogP contribution in [0.15, 0.2) is 23.1 Å². The average molecular weight is 444 g/mol. The van der Waals surface area contributed by atoms with Gasteiger partial charge >= 0.3 is 5.97 Å². The minimum Gasteiger partial charge on any atom is -0.455 e. The zero-order valence-corrected chi connectivity index (χ0v) is 17.3. The molecule has 1 aromatic rings. The molecule has 1 amide bonds. The molecule has 1 aliphatic carbocycles. The van der Waals surface area contributed by atoms with Gasteiger partial charge in [-0.1, -0.05) is 11.6 Å². The number of halogens is 3. The van der Waals surface area contributed by atoms with Crippen molar-refractivity contribution >= 4 is 62.4 Å². The molecule has 1 fully saturated rings. The second-order valence-electron chi connectivity index (χ2n) is 6.27. The molecule has 1 saturated carbocycles. The fourth-order valence-corrected chi connectivity index (χ4v) is 4.17. The Morgan fingerprint density at radius 3 is 2.38 bits per heavy atom. The molecule has 1 aliphatic rings. The molecule has 1 unspecified atom stereocenters.